The normalized spacial score (nSPS) is 15.4. The molecule has 0 radical (unpaired) electrons. The fourth-order valence-electron chi connectivity index (χ4n) is 2.48. The zero-order chi connectivity index (χ0) is 15.2. The second-order valence-electron chi connectivity index (χ2n) is 5.14. The molecule has 0 unspecified atom stereocenters. The highest BCUT2D eigenvalue weighted by Crippen LogP contribution is 2.22. The van der Waals surface area contributed by atoms with Gasteiger partial charge in [-0.05, 0) is 31.0 Å². The number of halogens is 1. The van der Waals surface area contributed by atoms with Crippen LogP contribution in [-0.2, 0) is 4.79 Å². The first-order valence-electron chi connectivity index (χ1n) is 7.12. The summed E-state index contributed by atoms with van der Waals surface area (Å²) in [6.45, 7) is 0.987. The summed E-state index contributed by atoms with van der Waals surface area (Å²) in [6.07, 6.45) is 4.14. The topological polar surface area (TPSA) is 60.9 Å². The van der Waals surface area contributed by atoms with E-state index in [0.29, 0.717) is 23.8 Å². The first-order valence-corrected chi connectivity index (χ1v) is 7.49. The van der Waals surface area contributed by atoms with Gasteiger partial charge in [0.2, 0.25) is 0 Å². The molecule has 1 aliphatic rings. The number of carbonyl (C=O) groups is 2. The number of carboxylic acid groups (broad SMARTS) is 1. The highest BCUT2D eigenvalue weighted by molar-refractivity contribution is 6.30. The van der Waals surface area contributed by atoms with E-state index in [1.54, 1.807) is 29.2 Å². The van der Waals surface area contributed by atoms with Crippen LogP contribution in [0.15, 0.2) is 24.3 Å². The van der Waals surface area contributed by atoms with E-state index in [4.69, 9.17) is 16.7 Å². The van der Waals surface area contributed by atoms with Crippen molar-refractivity contribution in [1.29, 1.82) is 0 Å². The third-order valence-electron chi connectivity index (χ3n) is 3.52. The Kier molecular flexibility index (Phi) is 5.44. The molecule has 5 nitrogen and oxygen atoms in total. The molecular weight excluding hydrogens is 292 g/mol. The molecule has 1 saturated heterocycles. The summed E-state index contributed by atoms with van der Waals surface area (Å²) < 4.78 is 0. The minimum absolute atomic E-state index is 0.262. The maximum atomic E-state index is 12.6. The highest BCUT2D eigenvalue weighted by atomic mass is 35.5. The molecule has 0 spiro atoms. The van der Waals surface area contributed by atoms with E-state index in [-0.39, 0.29) is 12.6 Å². The lowest BCUT2D eigenvalue weighted by molar-refractivity contribution is -0.135. The van der Waals surface area contributed by atoms with Gasteiger partial charge < -0.3 is 10.0 Å². The standard InChI is InChI=1S/C15H19ClN2O3/c16-12-6-5-7-13(10-12)18(11-14(19)20)15(21)17-8-3-1-2-4-9-17/h5-7,10H,1-4,8-9,11H2,(H,19,20). The maximum Gasteiger partial charge on any atom is 0.325 e. The molecule has 0 saturated carbocycles. The SMILES string of the molecule is O=C(O)CN(C(=O)N1CCCCCC1)c1cccc(Cl)c1. The van der Waals surface area contributed by atoms with E-state index in [1.165, 1.54) is 4.90 Å². The number of aliphatic carboxylic acids is 1. The van der Waals surface area contributed by atoms with Crippen molar-refractivity contribution < 1.29 is 14.7 Å². The van der Waals surface area contributed by atoms with Crippen molar-refractivity contribution in [2.24, 2.45) is 0 Å². The number of amides is 2. The summed E-state index contributed by atoms with van der Waals surface area (Å²) in [5.74, 6) is -1.04. The Morgan fingerprint density at radius 1 is 1.19 bits per heavy atom. The van der Waals surface area contributed by atoms with E-state index in [1.807, 2.05) is 0 Å². The molecule has 2 rings (SSSR count). The lowest BCUT2D eigenvalue weighted by Crippen LogP contribution is -2.46. The maximum absolute atomic E-state index is 12.6. The van der Waals surface area contributed by atoms with Crippen LogP contribution in [0.5, 0.6) is 0 Å². The van der Waals surface area contributed by atoms with Crippen LogP contribution in [0.25, 0.3) is 0 Å². The number of urea groups is 1. The van der Waals surface area contributed by atoms with E-state index in [9.17, 15) is 9.59 Å². The van der Waals surface area contributed by atoms with Gasteiger partial charge in [0.1, 0.15) is 6.54 Å². The van der Waals surface area contributed by atoms with Crippen molar-refractivity contribution in [3.05, 3.63) is 29.3 Å². The summed E-state index contributed by atoms with van der Waals surface area (Å²) >= 11 is 5.94. The second kappa shape index (κ2) is 7.31. The smallest absolute Gasteiger partial charge is 0.325 e. The fourth-order valence-corrected chi connectivity index (χ4v) is 2.67. The van der Waals surface area contributed by atoms with Crippen LogP contribution in [0.4, 0.5) is 10.5 Å². The van der Waals surface area contributed by atoms with Gasteiger partial charge in [0.25, 0.3) is 0 Å². The Morgan fingerprint density at radius 3 is 2.43 bits per heavy atom. The number of carboxylic acids is 1. The van der Waals surface area contributed by atoms with Gasteiger partial charge in [-0.3, -0.25) is 9.69 Å². The zero-order valence-electron chi connectivity index (χ0n) is 11.8. The molecule has 0 bridgehead atoms. The average molecular weight is 311 g/mol. The molecule has 1 aromatic rings. The molecule has 1 fully saturated rings. The van der Waals surface area contributed by atoms with Crippen molar-refractivity contribution in [3.8, 4) is 0 Å². The van der Waals surface area contributed by atoms with Crippen LogP contribution < -0.4 is 4.90 Å². The van der Waals surface area contributed by atoms with Crippen LogP contribution in [-0.4, -0.2) is 41.6 Å². The zero-order valence-corrected chi connectivity index (χ0v) is 12.6. The number of nitrogens with zero attached hydrogens (tertiary/aromatic N) is 2. The molecule has 1 aromatic carbocycles. The molecule has 114 valence electrons. The van der Waals surface area contributed by atoms with Crippen molar-refractivity contribution in [2.75, 3.05) is 24.5 Å². The van der Waals surface area contributed by atoms with Crippen LogP contribution in [0, 0.1) is 0 Å². The Labute approximate surface area is 129 Å². The Hall–Kier alpha value is -1.75. The summed E-state index contributed by atoms with van der Waals surface area (Å²) in [6, 6.07) is 6.45. The van der Waals surface area contributed by atoms with Crippen molar-refractivity contribution in [3.63, 3.8) is 0 Å². The van der Waals surface area contributed by atoms with Gasteiger partial charge in [0, 0.05) is 23.8 Å². The van der Waals surface area contributed by atoms with Gasteiger partial charge in [-0.2, -0.15) is 0 Å². The lowest BCUT2D eigenvalue weighted by atomic mass is 10.2. The molecule has 6 heteroatoms. The second-order valence-corrected chi connectivity index (χ2v) is 5.58. The minimum atomic E-state index is -1.04. The van der Waals surface area contributed by atoms with E-state index in [2.05, 4.69) is 0 Å². The molecule has 1 aliphatic heterocycles. The average Bonchev–Trinajstić information content (AvgIpc) is 2.73. The Balaban J connectivity index is 2.22. The van der Waals surface area contributed by atoms with Crippen LogP contribution >= 0.6 is 11.6 Å². The Morgan fingerprint density at radius 2 is 1.86 bits per heavy atom. The van der Waals surface area contributed by atoms with Gasteiger partial charge in [0.05, 0.1) is 0 Å². The van der Waals surface area contributed by atoms with Gasteiger partial charge in [-0.15, -0.1) is 0 Å². The largest absolute Gasteiger partial charge is 0.480 e. The molecule has 1 heterocycles. The summed E-state index contributed by atoms with van der Waals surface area (Å²) in [5.41, 5.74) is 0.513. The van der Waals surface area contributed by atoms with Gasteiger partial charge in [-0.25, -0.2) is 4.79 Å². The monoisotopic (exact) mass is 310 g/mol. The molecular formula is C15H19ClN2O3. The van der Waals surface area contributed by atoms with E-state index < -0.39 is 5.97 Å². The van der Waals surface area contributed by atoms with Gasteiger partial charge in [-0.1, -0.05) is 30.5 Å². The number of anilines is 1. The molecule has 0 aliphatic carbocycles. The molecule has 0 atom stereocenters. The molecule has 21 heavy (non-hydrogen) atoms. The molecule has 2 amide bonds. The highest BCUT2D eigenvalue weighted by Gasteiger charge is 2.25. The van der Waals surface area contributed by atoms with Crippen LogP contribution in [0.3, 0.4) is 0 Å². The van der Waals surface area contributed by atoms with Crippen molar-refractivity contribution >= 4 is 29.3 Å². The molecule has 1 N–H and O–H groups in total. The Bertz CT molecular complexity index is 513. The first kappa shape index (κ1) is 15.6. The van der Waals surface area contributed by atoms with Gasteiger partial charge in [0.15, 0.2) is 0 Å². The van der Waals surface area contributed by atoms with E-state index in [0.717, 1.165) is 25.7 Å². The number of likely N-dealkylation sites (tertiary alicyclic amines) is 1. The summed E-state index contributed by atoms with van der Waals surface area (Å²) in [7, 11) is 0. The molecule has 0 aromatic heterocycles. The number of benzene rings is 1. The summed E-state index contributed by atoms with van der Waals surface area (Å²) in [4.78, 5) is 26.7. The van der Waals surface area contributed by atoms with Crippen LogP contribution in [0.1, 0.15) is 25.7 Å². The quantitative estimate of drug-likeness (QED) is 0.932. The number of carbonyl (C=O) groups excluding carboxylic acids is 1. The van der Waals surface area contributed by atoms with Crippen LogP contribution in [0.2, 0.25) is 5.02 Å². The number of hydrogen-bond acceptors (Lipinski definition) is 2. The third kappa shape index (κ3) is 4.36. The third-order valence-corrected chi connectivity index (χ3v) is 3.76. The number of hydrogen-bond donors (Lipinski definition) is 1. The predicted octanol–water partition coefficient (Wildman–Crippen LogP) is 3.23. The lowest BCUT2D eigenvalue weighted by Gasteiger charge is -2.29. The number of rotatable bonds is 3. The van der Waals surface area contributed by atoms with Crippen molar-refractivity contribution in [1.82, 2.24) is 4.90 Å². The first-order chi connectivity index (χ1) is 10.1. The summed E-state index contributed by atoms with van der Waals surface area (Å²) in [5, 5.41) is 9.55. The fraction of sp³-hybridized carbons (Fsp3) is 0.467. The van der Waals surface area contributed by atoms with Gasteiger partial charge >= 0.3 is 12.0 Å². The van der Waals surface area contributed by atoms with E-state index >= 15 is 0 Å². The van der Waals surface area contributed by atoms with Crippen molar-refractivity contribution in [2.45, 2.75) is 25.7 Å². The predicted molar refractivity (Wildman–Crippen MR) is 81.9 cm³/mol. The minimum Gasteiger partial charge on any atom is -0.480 e.